The second-order valence-corrected chi connectivity index (χ2v) is 4.84. The molecule has 1 atom stereocenters. The first-order chi connectivity index (χ1) is 9.54. The molecule has 0 saturated carbocycles. The molecule has 5 nitrogen and oxygen atoms in total. The minimum absolute atomic E-state index is 0.0671. The molecule has 2 rings (SSSR count). The summed E-state index contributed by atoms with van der Waals surface area (Å²) in [6.45, 7) is 0.885. The number of carbonyl (C=O) groups excluding carboxylic acids is 1. The zero-order chi connectivity index (χ0) is 14.7. The van der Waals surface area contributed by atoms with Gasteiger partial charge in [0, 0.05) is 20.1 Å². The Balaban J connectivity index is 2.31. The average Bonchev–Trinajstić information content (AvgIpc) is 2.46. The Hall–Kier alpha value is -2.11. The molecule has 1 aromatic carbocycles. The second kappa shape index (κ2) is 5.90. The van der Waals surface area contributed by atoms with Crippen LogP contribution < -0.4 is 10.2 Å². The molecular formula is C14H17FN2O3. The Kier molecular flexibility index (Phi) is 4.22. The lowest BCUT2D eigenvalue weighted by Crippen LogP contribution is -2.43. The quantitative estimate of drug-likeness (QED) is 0.880. The van der Waals surface area contributed by atoms with Gasteiger partial charge < -0.3 is 15.3 Å². The Morgan fingerprint density at radius 2 is 2.20 bits per heavy atom. The van der Waals surface area contributed by atoms with Gasteiger partial charge in [-0.1, -0.05) is 6.07 Å². The standard InChI is InChI=1S/C14H17FN2O3/c1-16-13(18)9-4-3-7-17(8-9)12-10(14(19)20)5-2-6-11(12)15/h2,5-6,9H,3-4,7-8H2,1H3,(H,16,18)(H,19,20). The molecule has 0 aromatic heterocycles. The number of nitrogens with one attached hydrogen (secondary N) is 1. The van der Waals surface area contributed by atoms with Crippen molar-refractivity contribution in [1.29, 1.82) is 0 Å². The molecule has 1 aliphatic heterocycles. The van der Waals surface area contributed by atoms with E-state index in [1.54, 1.807) is 11.9 Å². The first kappa shape index (κ1) is 14.3. The number of hydrogen-bond donors (Lipinski definition) is 2. The van der Waals surface area contributed by atoms with E-state index in [9.17, 15) is 14.0 Å². The summed E-state index contributed by atoms with van der Waals surface area (Å²) < 4.78 is 14.0. The number of halogens is 1. The minimum atomic E-state index is -1.17. The monoisotopic (exact) mass is 280 g/mol. The van der Waals surface area contributed by atoms with Crippen molar-refractivity contribution in [3.63, 3.8) is 0 Å². The number of carboxylic acid groups (broad SMARTS) is 1. The van der Waals surface area contributed by atoms with E-state index in [0.29, 0.717) is 13.1 Å². The van der Waals surface area contributed by atoms with Crippen molar-refractivity contribution >= 4 is 17.6 Å². The Bertz CT molecular complexity index is 533. The lowest BCUT2D eigenvalue weighted by molar-refractivity contribution is -0.124. The van der Waals surface area contributed by atoms with Crippen LogP contribution in [0.3, 0.4) is 0 Å². The van der Waals surface area contributed by atoms with E-state index in [0.717, 1.165) is 12.8 Å². The lowest BCUT2D eigenvalue weighted by Gasteiger charge is -2.34. The first-order valence-corrected chi connectivity index (χ1v) is 6.53. The molecule has 0 radical (unpaired) electrons. The van der Waals surface area contributed by atoms with Gasteiger partial charge in [-0.05, 0) is 25.0 Å². The predicted molar refractivity (Wildman–Crippen MR) is 72.4 cm³/mol. The maximum Gasteiger partial charge on any atom is 0.337 e. The average molecular weight is 280 g/mol. The van der Waals surface area contributed by atoms with Crippen molar-refractivity contribution in [3.05, 3.63) is 29.6 Å². The maximum absolute atomic E-state index is 14.0. The van der Waals surface area contributed by atoms with Gasteiger partial charge in [0.2, 0.25) is 5.91 Å². The van der Waals surface area contributed by atoms with Crippen LogP contribution in [0.15, 0.2) is 18.2 Å². The number of carbonyl (C=O) groups is 2. The molecule has 6 heteroatoms. The van der Waals surface area contributed by atoms with Crippen molar-refractivity contribution in [2.45, 2.75) is 12.8 Å². The minimum Gasteiger partial charge on any atom is -0.478 e. The molecule has 1 aliphatic rings. The van der Waals surface area contributed by atoms with Crippen molar-refractivity contribution < 1.29 is 19.1 Å². The molecule has 1 saturated heterocycles. The molecule has 108 valence electrons. The molecular weight excluding hydrogens is 263 g/mol. The molecule has 0 aliphatic carbocycles. The Morgan fingerprint density at radius 3 is 2.85 bits per heavy atom. The van der Waals surface area contributed by atoms with Crippen LogP contribution in [0, 0.1) is 11.7 Å². The van der Waals surface area contributed by atoms with Gasteiger partial charge in [-0.15, -0.1) is 0 Å². The van der Waals surface area contributed by atoms with Gasteiger partial charge in [0.1, 0.15) is 5.82 Å². The van der Waals surface area contributed by atoms with Gasteiger partial charge in [-0.2, -0.15) is 0 Å². The van der Waals surface area contributed by atoms with Crippen LogP contribution >= 0.6 is 0 Å². The fourth-order valence-electron chi connectivity index (χ4n) is 2.61. The first-order valence-electron chi connectivity index (χ1n) is 6.53. The van der Waals surface area contributed by atoms with Crippen molar-refractivity contribution in [3.8, 4) is 0 Å². The van der Waals surface area contributed by atoms with E-state index < -0.39 is 11.8 Å². The summed E-state index contributed by atoms with van der Waals surface area (Å²) in [7, 11) is 1.56. The summed E-state index contributed by atoms with van der Waals surface area (Å²) in [6, 6.07) is 4.00. The predicted octanol–water partition coefficient (Wildman–Crippen LogP) is 1.49. The number of piperidine rings is 1. The van der Waals surface area contributed by atoms with Gasteiger partial charge in [0.15, 0.2) is 0 Å². The number of anilines is 1. The normalized spacial score (nSPS) is 18.7. The van der Waals surface area contributed by atoms with Gasteiger partial charge in [-0.25, -0.2) is 9.18 Å². The van der Waals surface area contributed by atoms with E-state index in [-0.39, 0.29) is 23.1 Å². The largest absolute Gasteiger partial charge is 0.478 e. The van der Waals surface area contributed by atoms with Crippen LogP contribution in [-0.2, 0) is 4.79 Å². The summed E-state index contributed by atoms with van der Waals surface area (Å²) in [5.41, 5.74) is 0.0103. The summed E-state index contributed by atoms with van der Waals surface area (Å²) in [5.74, 6) is -2.07. The summed E-state index contributed by atoms with van der Waals surface area (Å²) in [5, 5.41) is 11.8. The third kappa shape index (κ3) is 2.74. The van der Waals surface area contributed by atoms with Crippen LogP contribution in [0.25, 0.3) is 0 Å². The smallest absolute Gasteiger partial charge is 0.337 e. The molecule has 0 spiro atoms. The van der Waals surface area contributed by atoms with Crippen molar-refractivity contribution in [2.75, 3.05) is 25.0 Å². The van der Waals surface area contributed by atoms with E-state index >= 15 is 0 Å². The zero-order valence-electron chi connectivity index (χ0n) is 11.2. The number of hydrogen-bond acceptors (Lipinski definition) is 3. The fourth-order valence-corrected chi connectivity index (χ4v) is 2.61. The molecule has 0 bridgehead atoms. The SMILES string of the molecule is CNC(=O)C1CCCN(c2c(F)cccc2C(=O)O)C1. The Labute approximate surface area is 116 Å². The number of amides is 1. The molecule has 1 heterocycles. The van der Waals surface area contributed by atoms with Gasteiger partial charge in [0.25, 0.3) is 0 Å². The molecule has 1 unspecified atom stereocenters. The zero-order valence-corrected chi connectivity index (χ0v) is 11.2. The Morgan fingerprint density at radius 1 is 1.45 bits per heavy atom. The number of rotatable bonds is 3. The van der Waals surface area contributed by atoms with Gasteiger partial charge in [0.05, 0.1) is 17.2 Å². The molecule has 1 fully saturated rings. The van der Waals surface area contributed by atoms with Crippen LogP contribution in [0.2, 0.25) is 0 Å². The molecule has 20 heavy (non-hydrogen) atoms. The number of para-hydroxylation sites is 1. The maximum atomic E-state index is 14.0. The van der Waals surface area contributed by atoms with E-state index in [4.69, 9.17) is 5.11 Å². The van der Waals surface area contributed by atoms with E-state index in [2.05, 4.69) is 5.32 Å². The molecule has 1 amide bonds. The topological polar surface area (TPSA) is 69.6 Å². The number of nitrogens with zero attached hydrogens (tertiary/aromatic N) is 1. The highest BCUT2D eigenvalue weighted by Gasteiger charge is 2.29. The number of benzene rings is 1. The van der Waals surface area contributed by atoms with Crippen LogP contribution in [0.1, 0.15) is 23.2 Å². The highest BCUT2D eigenvalue weighted by atomic mass is 19.1. The lowest BCUT2D eigenvalue weighted by atomic mass is 9.96. The van der Waals surface area contributed by atoms with E-state index in [1.165, 1.54) is 18.2 Å². The van der Waals surface area contributed by atoms with Crippen LogP contribution in [-0.4, -0.2) is 37.1 Å². The summed E-state index contributed by atoms with van der Waals surface area (Å²) in [4.78, 5) is 24.6. The molecule has 2 N–H and O–H groups in total. The van der Waals surface area contributed by atoms with Gasteiger partial charge in [-0.3, -0.25) is 4.79 Å². The number of carboxylic acids is 1. The highest BCUT2D eigenvalue weighted by Crippen LogP contribution is 2.29. The van der Waals surface area contributed by atoms with E-state index in [1.807, 2.05) is 0 Å². The third-order valence-electron chi connectivity index (χ3n) is 3.57. The van der Waals surface area contributed by atoms with Crippen LogP contribution in [0.4, 0.5) is 10.1 Å². The number of aromatic carboxylic acids is 1. The summed E-state index contributed by atoms with van der Waals surface area (Å²) >= 11 is 0. The summed E-state index contributed by atoms with van der Waals surface area (Å²) in [6.07, 6.45) is 1.46. The fraction of sp³-hybridized carbons (Fsp3) is 0.429. The highest BCUT2D eigenvalue weighted by molar-refractivity contribution is 5.94. The van der Waals surface area contributed by atoms with Gasteiger partial charge >= 0.3 is 5.97 Å². The molecule has 1 aromatic rings. The third-order valence-corrected chi connectivity index (χ3v) is 3.57. The second-order valence-electron chi connectivity index (χ2n) is 4.84. The van der Waals surface area contributed by atoms with Crippen molar-refractivity contribution in [2.24, 2.45) is 5.92 Å². The van der Waals surface area contributed by atoms with Crippen LogP contribution in [0.5, 0.6) is 0 Å². The van der Waals surface area contributed by atoms with Crippen molar-refractivity contribution in [1.82, 2.24) is 5.32 Å².